The fraction of sp³-hybridized carbons (Fsp3) is 0.250. The fourth-order valence-corrected chi connectivity index (χ4v) is 4.41. The van der Waals surface area contributed by atoms with Crippen LogP contribution in [0.3, 0.4) is 0 Å². The van der Waals surface area contributed by atoms with Gasteiger partial charge in [-0.05, 0) is 46.3 Å². The highest BCUT2D eigenvalue weighted by Gasteiger charge is 2.30. The average molecular weight is 423 g/mol. The number of halogens is 1. The van der Waals surface area contributed by atoms with Crippen LogP contribution in [0.25, 0.3) is 0 Å². The van der Waals surface area contributed by atoms with Gasteiger partial charge in [-0.2, -0.15) is 9.57 Å². The standard InChI is InChI=1S/C16H15BrN4O3S/c17-13-9-15(19-11-13)16(22)20-5-7-21(8-6-20)25(23,24)14-3-1-12(10-18)2-4-14/h1-4,9,11,19H,5-8H2. The first-order valence-electron chi connectivity index (χ1n) is 7.55. The fourth-order valence-electron chi connectivity index (χ4n) is 2.64. The summed E-state index contributed by atoms with van der Waals surface area (Å²) in [4.78, 5) is 17.0. The number of nitriles is 1. The van der Waals surface area contributed by atoms with E-state index in [2.05, 4.69) is 20.9 Å². The smallest absolute Gasteiger partial charge is 0.270 e. The summed E-state index contributed by atoms with van der Waals surface area (Å²) in [7, 11) is -3.63. The number of H-pyrrole nitrogens is 1. The van der Waals surface area contributed by atoms with E-state index in [0.29, 0.717) is 24.3 Å². The molecule has 7 nitrogen and oxygen atoms in total. The summed E-state index contributed by atoms with van der Waals surface area (Å²) in [5.41, 5.74) is 0.877. The molecule has 0 spiro atoms. The van der Waals surface area contributed by atoms with Crippen LogP contribution in [0.5, 0.6) is 0 Å². The van der Waals surface area contributed by atoms with Crippen LogP contribution < -0.4 is 0 Å². The molecule has 0 aliphatic carbocycles. The van der Waals surface area contributed by atoms with Crippen LogP contribution in [-0.2, 0) is 10.0 Å². The molecule has 1 amide bonds. The number of sulfonamides is 1. The van der Waals surface area contributed by atoms with E-state index in [1.165, 1.54) is 28.6 Å². The predicted octanol–water partition coefficient (Wildman–Crippen LogP) is 1.80. The molecule has 2 heterocycles. The normalized spacial score (nSPS) is 15.8. The minimum atomic E-state index is -3.63. The summed E-state index contributed by atoms with van der Waals surface area (Å²) in [6.07, 6.45) is 1.68. The number of carbonyl (C=O) groups excluding carboxylic acids is 1. The maximum absolute atomic E-state index is 12.7. The summed E-state index contributed by atoms with van der Waals surface area (Å²) < 4.78 is 27.5. The first-order valence-corrected chi connectivity index (χ1v) is 9.78. The van der Waals surface area contributed by atoms with Crippen molar-refractivity contribution in [3.05, 3.63) is 52.3 Å². The van der Waals surface area contributed by atoms with Crippen molar-refractivity contribution >= 4 is 31.9 Å². The number of nitrogens with one attached hydrogen (secondary N) is 1. The van der Waals surface area contributed by atoms with Crippen LogP contribution >= 0.6 is 15.9 Å². The Balaban J connectivity index is 1.68. The van der Waals surface area contributed by atoms with Gasteiger partial charge in [-0.25, -0.2) is 8.42 Å². The number of piperazine rings is 1. The molecular formula is C16H15BrN4O3S. The molecule has 0 radical (unpaired) electrons. The van der Waals surface area contributed by atoms with Crippen molar-refractivity contribution in [1.29, 1.82) is 5.26 Å². The van der Waals surface area contributed by atoms with Gasteiger partial charge in [-0.1, -0.05) is 0 Å². The highest BCUT2D eigenvalue weighted by atomic mass is 79.9. The second kappa shape index (κ2) is 7.00. The van der Waals surface area contributed by atoms with Crippen molar-refractivity contribution in [3.63, 3.8) is 0 Å². The SMILES string of the molecule is N#Cc1ccc(S(=O)(=O)N2CCN(C(=O)c3cc(Br)c[nH]3)CC2)cc1. The zero-order valence-corrected chi connectivity index (χ0v) is 15.5. The third-order valence-electron chi connectivity index (χ3n) is 4.03. The molecule has 1 saturated heterocycles. The molecular weight excluding hydrogens is 408 g/mol. The van der Waals surface area contributed by atoms with Gasteiger partial charge in [0.25, 0.3) is 5.91 Å². The first-order chi connectivity index (χ1) is 11.9. The molecule has 1 fully saturated rings. The average Bonchev–Trinajstić information content (AvgIpc) is 3.07. The highest BCUT2D eigenvalue weighted by Crippen LogP contribution is 2.19. The molecule has 9 heteroatoms. The van der Waals surface area contributed by atoms with Crippen LogP contribution in [0.4, 0.5) is 0 Å². The molecule has 1 aliphatic heterocycles. The number of rotatable bonds is 3. The molecule has 1 aromatic heterocycles. The van der Waals surface area contributed by atoms with Crippen molar-refractivity contribution in [3.8, 4) is 6.07 Å². The summed E-state index contributed by atoms with van der Waals surface area (Å²) in [6, 6.07) is 9.49. The van der Waals surface area contributed by atoms with E-state index < -0.39 is 10.0 Å². The predicted molar refractivity (Wildman–Crippen MR) is 94.3 cm³/mol. The van der Waals surface area contributed by atoms with E-state index in [0.717, 1.165) is 4.47 Å². The van der Waals surface area contributed by atoms with Gasteiger partial charge in [0.15, 0.2) is 0 Å². The van der Waals surface area contributed by atoms with Gasteiger partial charge in [0.2, 0.25) is 10.0 Å². The zero-order chi connectivity index (χ0) is 18.0. The highest BCUT2D eigenvalue weighted by molar-refractivity contribution is 9.10. The van der Waals surface area contributed by atoms with Crippen LogP contribution in [-0.4, -0.2) is 54.7 Å². The van der Waals surface area contributed by atoms with Crippen molar-refractivity contribution in [1.82, 2.24) is 14.2 Å². The molecule has 130 valence electrons. The number of aromatic nitrogens is 1. The van der Waals surface area contributed by atoms with Crippen LogP contribution in [0.15, 0.2) is 45.9 Å². The van der Waals surface area contributed by atoms with Crippen LogP contribution in [0, 0.1) is 11.3 Å². The van der Waals surface area contributed by atoms with E-state index in [4.69, 9.17) is 5.26 Å². The molecule has 1 N–H and O–H groups in total. The summed E-state index contributed by atoms with van der Waals surface area (Å²) in [5, 5.41) is 8.80. The molecule has 0 atom stereocenters. The lowest BCUT2D eigenvalue weighted by atomic mass is 10.2. The van der Waals surface area contributed by atoms with Crippen molar-refractivity contribution in [2.75, 3.05) is 26.2 Å². The van der Waals surface area contributed by atoms with E-state index in [9.17, 15) is 13.2 Å². The van der Waals surface area contributed by atoms with Crippen molar-refractivity contribution < 1.29 is 13.2 Å². The maximum atomic E-state index is 12.7. The second-order valence-corrected chi connectivity index (χ2v) is 8.42. The lowest BCUT2D eigenvalue weighted by Gasteiger charge is -2.33. The molecule has 0 unspecified atom stereocenters. The van der Waals surface area contributed by atoms with E-state index >= 15 is 0 Å². The molecule has 0 bridgehead atoms. The Hall–Kier alpha value is -2.15. The number of nitrogens with zero attached hydrogens (tertiary/aromatic N) is 3. The Bertz CT molecular complexity index is 923. The first kappa shape index (κ1) is 17.7. The Morgan fingerprint density at radius 3 is 2.32 bits per heavy atom. The molecule has 0 saturated carbocycles. The quantitative estimate of drug-likeness (QED) is 0.814. The van der Waals surface area contributed by atoms with E-state index in [-0.39, 0.29) is 23.9 Å². The summed E-state index contributed by atoms with van der Waals surface area (Å²) in [6.45, 7) is 1.11. The largest absolute Gasteiger partial charge is 0.356 e. The number of carbonyl (C=O) groups is 1. The minimum absolute atomic E-state index is 0.152. The van der Waals surface area contributed by atoms with Gasteiger partial charge in [0, 0.05) is 36.8 Å². The lowest BCUT2D eigenvalue weighted by Crippen LogP contribution is -2.50. The van der Waals surface area contributed by atoms with Crippen molar-refractivity contribution in [2.45, 2.75) is 4.90 Å². The maximum Gasteiger partial charge on any atom is 0.270 e. The Kier molecular flexibility index (Phi) is 4.94. The monoisotopic (exact) mass is 422 g/mol. The number of hydrogen-bond acceptors (Lipinski definition) is 4. The number of hydrogen-bond donors (Lipinski definition) is 1. The van der Waals surface area contributed by atoms with Gasteiger partial charge in [-0.3, -0.25) is 4.79 Å². The van der Waals surface area contributed by atoms with Gasteiger partial charge in [0.05, 0.1) is 16.5 Å². The van der Waals surface area contributed by atoms with Gasteiger partial charge in [0.1, 0.15) is 5.69 Å². The van der Waals surface area contributed by atoms with E-state index in [1.807, 2.05) is 6.07 Å². The van der Waals surface area contributed by atoms with Crippen LogP contribution in [0.1, 0.15) is 16.1 Å². The molecule has 1 aliphatic rings. The Morgan fingerprint density at radius 2 is 1.80 bits per heavy atom. The van der Waals surface area contributed by atoms with Gasteiger partial charge in [-0.15, -0.1) is 0 Å². The Labute approximate surface area is 154 Å². The molecule has 1 aromatic carbocycles. The molecule has 2 aromatic rings. The third kappa shape index (κ3) is 3.61. The Morgan fingerprint density at radius 1 is 1.16 bits per heavy atom. The molecule has 3 rings (SSSR count). The van der Waals surface area contributed by atoms with Crippen molar-refractivity contribution in [2.24, 2.45) is 0 Å². The third-order valence-corrected chi connectivity index (χ3v) is 6.40. The number of aromatic amines is 1. The minimum Gasteiger partial charge on any atom is -0.356 e. The van der Waals surface area contributed by atoms with Crippen LogP contribution in [0.2, 0.25) is 0 Å². The zero-order valence-electron chi connectivity index (χ0n) is 13.1. The van der Waals surface area contributed by atoms with E-state index in [1.54, 1.807) is 17.2 Å². The molecule has 25 heavy (non-hydrogen) atoms. The van der Waals surface area contributed by atoms with Gasteiger partial charge >= 0.3 is 0 Å². The second-order valence-electron chi connectivity index (χ2n) is 5.56. The number of amides is 1. The summed E-state index contributed by atoms with van der Waals surface area (Å²) >= 11 is 3.29. The number of benzene rings is 1. The summed E-state index contributed by atoms with van der Waals surface area (Å²) in [5.74, 6) is -0.152. The lowest BCUT2D eigenvalue weighted by molar-refractivity contribution is 0.0692. The topological polar surface area (TPSA) is 97.3 Å². The van der Waals surface area contributed by atoms with Gasteiger partial charge < -0.3 is 9.88 Å².